The molecule has 4 heteroatoms. The molecule has 0 aromatic heterocycles. The number of hydrogen-bond donors (Lipinski definition) is 0. The van der Waals surface area contributed by atoms with Crippen LogP contribution in [-0.4, -0.2) is 25.4 Å². The average Bonchev–Trinajstić information content (AvgIpc) is 2.86. The maximum absolute atomic E-state index is 2.53. The van der Waals surface area contributed by atoms with Crippen LogP contribution in [0.4, 0.5) is 11.4 Å². The van der Waals surface area contributed by atoms with Crippen LogP contribution in [0.2, 0.25) is 0 Å². The molecule has 0 bridgehead atoms. The maximum atomic E-state index is 2.53. The van der Waals surface area contributed by atoms with Gasteiger partial charge in [-0.3, -0.25) is 0 Å². The molecule has 2 nitrogen and oxygen atoms in total. The molecule has 2 heterocycles. The van der Waals surface area contributed by atoms with Crippen LogP contribution in [-0.2, 0) is 0 Å². The second-order valence-electron chi connectivity index (χ2n) is 8.79. The van der Waals surface area contributed by atoms with Gasteiger partial charge in [0.15, 0.2) is 11.9 Å². The zero-order valence-electron chi connectivity index (χ0n) is 19.5. The van der Waals surface area contributed by atoms with Gasteiger partial charge in [-0.2, -0.15) is 0 Å². The van der Waals surface area contributed by atoms with Crippen molar-refractivity contribution in [1.82, 2.24) is 0 Å². The van der Waals surface area contributed by atoms with Gasteiger partial charge in [0.2, 0.25) is 11.4 Å². The Bertz CT molecular complexity index is 1470. The summed E-state index contributed by atoms with van der Waals surface area (Å²) >= 11 is 3.90. The van der Waals surface area contributed by atoms with Gasteiger partial charge in [0.05, 0.1) is 11.1 Å². The first kappa shape index (κ1) is 21.5. The number of hydrogen-bond acceptors (Lipinski definition) is 2. The standard InChI is InChI=1S/C30H26N2S2/c1-21-12-10-14-24-20-31(25-15-6-4-7-16-25)30(33-28(21)24)32(26-17-8-5-9-18-26)23(3)27-19-11-13-22(2)29(27)34-30/h4-20H,1-3H3/q+2. The highest BCUT2D eigenvalue weighted by atomic mass is 32.2. The number of rotatable bonds is 2. The molecule has 0 fully saturated rings. The van der Waals surface area contributed by atoms with Gasteiger partial charge in [0.25, 0.3) is 0 Å². The van der Waals surface area contributed by atoms with Gasteiger partial charge in [-0.05, 0) is 37.1 Å². The van der Waals surface area contributed by atoms with E-state index in [-0.39, 0.29) is 0 Å². The first-order chi connectivity index (χ1) is 16.6. The lowest BCUT2D eigenvalue weighted by Crippen LogP contribution is -2.49. The van der Waals surface area contributed by atoms with E-state index in [9.17, 15) is 0 Å². The van der Waals surface area contributed by atoms with Crippen LogP contribution < -0.4 is 0 Å². The number of benzene rings is 4. The lowest BCUT2D eigenvalue weighted by molar-refractivity contribution is -0.692. The Kier molecular flexibility index (Phi) is 5.23. The van der Waals surface area contributed by atoms with Gasteiger partial charge in [-0.15, -0.1) is 9.15 Å². The van der Waals surface area contributed by atoms with E-state index in [1.54, 1.807) is 0 Å². The summed E-state index contributed by atoms with van der Waals surface area (Å²) in [6, 6.07) is 34.9. The Hall–Kier alpha value is -3.08. The second-order valence-corrected chi connectivity index (χ2v) is 11.4. The molecule has 0 saturated heterocycles. The topological polar surface area (TPSA) is 6.02 Å². The third kappa shape index (κ3) is 3.28. The highest BCUT2D eigenvalue weighted by Gasteiger charge is 2.62. The van der Waals surface area contributed by atoms with Crippen molar-refractivity contribution in [2.75, 3.05) is 0 Å². The minimum absolute atomic E-state index is 0.453. The fourth-order valence-corrected chi connectivity index (χ4v) is 8.29. The van der Waals surface area contributed by atoms with Crippen LogP contribution in [0.5, 0.6) is 0 Å². The minimum Gasteiger partial charge on any atom is -0.114 e. The van der Waals surface area contributed by atoms with Gasteiger partial charge in [0.1, 0.15) is 0 Å². The van der Waals surface area contributed by atoms with Crippen LogP contribution in [0.1, 0.15) is 29.2 Å². The molecule has 0 radical (unpaired) electrons. The molecule has 166 valence electrons. The first-order valence-electron chi connectivity index (χ1n) is 11.5. The van der Waals surface area contributed by atoms with E-state index in [1.807, 2.05) is 23.5 Å². The third-order valence-electron chi connectivity index (χ3n) is 6.55. The van der Waals surface area contributed by atoms with E-state index in [0.717, 1.165) is 0 Å². The van der Waals surface area contributed by atoms with Gasteiger partial charge < -0.3 is 0 Å². The molecule has 4 aromatic rings. The Labute approximate surface area is 209 Å². The zero-order valence-corrected chi connectivity index (χ0v) is 21.2. The summed E-state index contributed by atoms with van der Waals surface area (Å²) in [5, 5.41) is 0. The third-order valence-corrected chi connectivity index (χ3v) is 9.85. The fourth-order valence-electron chi connectivity index (χ4n) is 4.89. The average molecular weight is 479 g/mol. The largest absolute Gasteiger partial charge is 0.471 e. The molecule has 6 rings (SSSR count). The summed E-state index contributed by atoms with van der Waals surface area (Å²) in [4.78, 5) is 2.69. The van der Waals surface area contributed by atoms with E-state index >= 15 is 0 Å². The van der Waals surface area contributed by atoms with Gasteiger partial charge >= 0.3 is 4.33 Å². The summed E-state index contributed by atoms with van der Waals surface area (Å²) in [6.07, 6.45) is 2.34. The van der Waals surface area contributed by atoms with Crippen molar-refractivity contribution >= 4 is 46.8 Å². The summed E-state index contributed by atoms with van der Waals surface area (Å²) in [7, 11) is 0. The van der Waals surface area contributed by atoms with Crippen LogP contribution in [0, 0.1) is 13.8 Å². The molecule has 2 aliphatic heterocycles. The summed E-state index contributed by atoms with van der Waals surface area (Å²) in [5.74, 6) is 0. The van der Waals surface area contributed by atoms with Crippen LogP contribution >= 0.6 is 23.5 Å². The molecule has 0 aliphatic carbocycles. The summed E-state index contributed by atoms with van der Waals surface area (Å²) in [5.41, 5.74) is 8.84. The zero-order chi connectivity index (χ0) is 23.3. The molecule has 1 unspecified atom stereocenters. The SMILES string of the molecule is CC1=[N+](c2ccccc2)C2(Sc3c(C)cccc3C=[N+]2c2ccccc2)Sc2c(C)cccc21. The van der Waals surface area contributed by atoms with E-state index in [0.29, 0.717) is 0 Å². The van der Waals surface area contributed by atoms with Crippen LogP contribution in [0.3, 0.4) is 0 Å². The van der Waals surface area contributed by atoms with E-state index in [4.69, 9.17) is 0 Å². The normalized spacial score (nSPS) is 19.0. The summed E-state index contributed by atoms with van der Waals surface area (Å²) in [6.45, 7) is 6.72. The van der Waals surface area contributed by atoms with Crippen LogP contribution in [0.15, 0.2) is 107 Å². The number of para-hydroxylation sites is 2. The van der Waals surface area contributed by atoms with Crippen molar-refractivity contribution in [3.63, 3.8) is 0 Å². The van der Waals surface area contributed by atoms with Gasteiger partial charge in [-0.1, -0.05) is 60.7 Å². The Balaban J connectivity index is 1.73. The molecule has 34 heavy (non-hydrogen) atoms. The van der Waals surface area contributed by atoms with Crippen molar-refractivity contribution in [1.29, 1.82) is 0 Å². The highest BCUT2D eigenvalue weighted by molar-refractivity contribution is 8.17. The first-order valence-corrected chi connectivity index (χ1v) is 13.2. The predicted octanol–water partition coefficient (Wildman–Crippen LogP) is 7.74. The van der Waals surface area contributed by atoms with Crippen molar-refractivity contribution in [3.05, 3.63) is 119 Å². The van der Waals surface area contributed by atoms with E-state index in [2.05, 4.69) is 133 Å². The van der Waals surface area contributed by atoms with Crippen molar-refractivity contribution in [2.45, 2.75) is 34.9 Å². The number of nitrogens with zero attached hydrogens (tertiary/aromatic N) is 2. The smallest absolute Gasteiger partial charge is 0.114 e. The number of aryl methyl sites for hydroxylation is 2. The molecule has 0 N–H and O–H groups in total. The minimum atomic E-state index is -0.453. The van der Waals surface area contributed by atoms with E-state index < -0.39 is 4.33 Å². The molecule has 0 amide bonds. The van der Waals surface area contributed by atoms with Crippen molar-refractivity contribution in [2.24, 2.45) is 0 Å². The van der Waals surface area contributed by atoms with Crippen molar-refractivity contribution in [3.8, 4) is 0 Å². The lowest BCUT2D eigenvalue weighted by atomic mass is 10.1. The molecule has 2 aliphatic rings. The fraction of sp³-hybridized carbons (Fsp3) is 0.133. The quantitative estimate of drug-likeness (QED) is 0.272. The van der Waals surface area contributed by atoms with Gasteiger partial charge in [0, 0.05) is 64.5 Å². The highest BCUT2D eigenvalue weighted by Crippen LogP contribution is 2.57. The molecular formula is C30H26N2S2+2. The summed E-state index contributed by atoms with van der Waals surface area (Å²) < 4.78 is 4.55. The molecule has 0 saturated carbocycles. The van der Waals surface area contributed by atoms with Gasteiger partial charge in [-0.25, -0.2) is 0 Å². The molecule has 1 spiro atoms. The van der Waals surface area contributed by atoms with Crippen LogP contribution in [0.25, 0.3) is 0 Å². The monoisotopic (exact) mass is 478 g/mol. The molecule has 4 aromatic carbocycles. The predicted molar refractivity (Wildman–Crippen MR) is 144 cm³/mol. The Morgan fingerprint density at radius 3 is 1.88 bits per heavy atom. The molecular weight excluding hydrogens is 452 g/mol. The van der Waals surface area contributed by atoms with E-state index in [1.165, 1.54) is 49.1 Å². The Morgan fingerprint density at radius 1 is 0.588 bits per heavy atom. The van der Waals surface area contributed by atoms with Crippen molar-refractivity contribution < 1.29 is 9.15 Å². The second kappa shape index (κ2) is 8.30. The molecule has 1 atom stereocenters. The lowest BCUT2D eigenvalue weighted by Gasteiger charge is -2.33. The Morgan fingerprint density at radius 2 is 1.18 bits per heavy atom. The maximum Gasteiger partial charge on any atom is 0.471 e. The number of thioether (sulfide) groups is 2. The number of fused-ring (bicyclic) bond motifs is 2.